The lowest BCUT2D eigenvalue weighted by Gasteiger charge is -2.38. The monoisotopic (exact) mass is 413 g/mol. The molecule has 1 aromatic carbocycles. The Bertz CT molecular complexity index is 1070. The molecule has 0 saturated carbocycles. The summed E-state index contributed by atoms with van der Waals surface area (Å²) >= 11 is 1.47. The number of aromatic amines is 1. The molecule has 0 radical (unpaired) electrons. The number of nitrogens with zero attached hydrogens (tertiary/aromatic N) is 1. The summed E-state index contributed by atoms with van der Waals surface area (Å²) in [6, 6.07) is 6.34. The maximum atomic E-state index is 14.8. The number of halogens is 1. The average Bonchev–Trinajstić information content (AvgIpc) is 2.64. The largest absolute Gasteiger partial charge is 0.343 e. The lowest BCUT2D eigenvalue weighted by Crippen LogP contribution is -2.37. The van der Waals surface area contributed by atoms with E-state index >= 15 is 0 Å². The van der Waals surface area contributed by atoms with Gasteiger partial charge in [-0.1, -0.05) is 50.7 Å². The molecule has 4 rings (SSSR count). The van der Waals surface area contributed by atoms with Gasteiger partial charge < -0.3 is 10.3 Å². The molecule has 1 atom stereocenters. The van der Waals surface area contributed by atoms with Crippen LogP contribution >= 0.6 is 11.8 Å². The maximum absolute atomic E-state index is 14.8. The molecule has 0 saturated heterocycles. The van der Waals surface area contributed by atoms with Crippen LogP contribution in [0, 0.1) is 11.2 Å². The number of nitrogens with one attached hydrogen (secondary N) is 2. The van der Waals surface area contributed by atoms with Gasteiger partial charge in [0.05, 0.1) is 11.5 Å². The van der Waals surface area contributed by atoms with E-state index in [-0.39, 0.29) is 16.8 Å². The molecule has 0 fully saturated rings. The number of fused-ring (bicyclic) bond motifs is 1. The number of aromatic nitrogens is 2. The third-order valence-electron chi connectivity index (χ3n) is 5.36. The number of rotatable bonds is 4. The number of hydrogen-bond donors (Lipinski definition) is 2. The number of benzene rings is 1. The first-order valence-electron chi connectivity index (χ1n) is 9.85. The number of thioether (sulfide) groups is 1. The van der Waals surface area contributed by atoms with Gasteiger partial charge in [-0.15, -0.1) is 0 Å². The Hall–Kier alpha value is -2.41. The van der Waals surface area contributed by atoms with E-state index in [0.29, 0.717) is 40.5 Å². The number of hydrogen-bond acceptors (Lipinski definition) is 5. The van der Waals surface area contributed by atoms with Crippen LogP contribution in [-0.4, -0.2) is 21.5 Å². The van der Waals surface area contributed by atoms with Crippen molar-refractivity contribution >= 4 is 23.4 Å². The highest BCUT2D eigenvalue weighted by Gasteiger charge is 2.43. The number of carbonyl (C=O) groups is 1. The molecule has 0 bridgehead atoms. The van der Waals surface area contributed by atoms with Gasteiger partial charge in [-0.2, -0.15) is 0 Å². The number of carbonyl (C=O) groups excluding carboxylic acids is 1. The molecule has 0 unspecified atom stereocenters. The van der Waals surface area contributed by atoms with Crippen LogP contribution < -0.4 is 10.9 Å². The third kappa shape index (κ3) is 3.64. The Balaban J connectivity index is 1.94. The predicted octanol–water partition coefficient (Wildman–Crippen LogP) is 4.61. The quantitative estimate of drug-likeness (QED) is 0.565. The summed E-state index contributed by atoms with van der Waals surface area (Å²) in [6.07, 6.45) is 1.96. The molecule has 0 spiro atoms. The van der Waals surface area contributed by atoms with Crippen LogP contribution in [0.3, 0.4) is 0 Å². The second-order valence-electron chi connectivity index (χ2n) is 8.39. The Kier molecular flexibility index (Phi) is 5.11. The van der Waals surface area contributed by atoms with Crippen molar-refractivity contribution in [3.05, 3.63) is 62.8 Å². The fraction of sp³-hybridized carbons (Fsp3) is 0.409. The Morgan fingerprint density at radius 1 is 1.24 bits per heavy atom. The van der Waals surface area contributed by atoms with E-state index < -0.39 is 11.7 Å². The van der Waals surface area contributed by atoms with E-state index in [1.807, 2.05) is 13.8 Å². The van der Waals surface area contributed by atoms with Crippen molar-refractivity contribution in [2.45, 2.75) is 51.1 Å². The van der Waals surface area contributed by atoms with Crippen LogP contribution in [0.5, 0.6) is 0 Å². The second kappa shape index (κ2) is 7.44. The molecular formula is C22H24FN3O2S. The summed E-state index contributed by atoms with van der Waals surface area (Å²) in [6.45, 7) is 6.14. The van der Waals surface area contributed by atoms with Crippen LogP contribution in [0.1, 0.15) is 57.1 Å². The van der Waals surface area contributed by atoms with Crippen molar-refractivity contribution in [2.75, 3.05) is 11.1 Å². The van der Waals surface area contributed by atoms with E-state index in [9.17, 15) is 14.0 Å². The van der Waals surface area contributed by atoms with Gasteiger partial charge in [0.1, 0.15) is 11.6 Å². The van der Waals surface area contributed by atoms with Gasteiger partial charge in [0, 0.05) is 29.0 Å². The smallest absolute Gasteiger partial charge is 0.257 e. The predicted molar refractivity (Wildman–Crippen MR) is 113 cm³/mol. The highest BCUT2D eigenvalue weighted by Crippen LogP contribution is 2.48. The molecule has 0 amide bonds. The molecular weight excluding hydrogens is 389 g/mol. The van der Waals surface area contributed by atoms with Crippen molar-refractivity contribution in [1.82, 2.24) is 9.97 Å². The van der Waals surface area contributed by atoms with Gasteiger partial charge in [0.2, 0.25) is 0 Å². The maximum Gasteiger partial charge on any atom is 0.257 e. The second-order valence-corrected chi connectivity index (χ2v) is 9.48. The number of anilines is 1. The number of H-pyrrole nitrogens is 1. The minimum absolute atomic E-state index is 0.0495. The molecule has 2 heterocycles. The first kappa shape index (κ1) is 19.9. The molecule has 5 nitrogen and oxygen atoms in total. The van der Waals surface area contributed by atoms with Crippen LogP contribution in [0.4, 0.5) is 10.2 Å². The van der Waals surface area contributed by atoms with Crippen LogP contribution in [-0.2, 0) is 4.79 Å². The summed E-state index contributed by atoms with van der Waals surface area (Å²) in [5.41, 5.74) is 1.33. The molecule has 7 heteroatoms. The summed E-state index contributed by atoms with van der Waals surface area (Å²) < 4.78 is 14.8. The zero-order valence-electron chi connectivity index (χ0n) is 16.8. The molecule has 1 aliphatic heterocycles. The van der Waals surface area contributed by atoms with E-state index in [2.05, 4.69) is 22.2 Å². The van der Waals surface area contributed by atoms with Crippen molar-refractivity contribution in [1.29, 1.82) is 0 Å². The Labute approximate surface area is 173 Å². The third-order valence-corrected chi connectivity index (χ3v) is 6.44. The molecule has 1 aliphatic carbocycles. The SMILES string of the molecule is CCCSc1nc2c(c(=O)[nH]1)[C@H](c1ccccc1F)C1=C(CC(C)(C)CC1=O)N2. The van der Waals surface area contributed by atoms with E-state index in [4.69, 9.17) is 0 Å². The number of Topliss-reactive ketones (excluding diaryl/α,β-unsaturated/α-hetero) is 1. The van der Waals surface area contributed by atoms with Crippen molar-refractivity contribution in [3.8, 4) is 0 Å². The summed E-state index contributed by atoms with van der Waals surface area (Å²) in [7, 11) is 0. The van der Waals surface area contributed by atoms with Crippen molar-refractivity contribution in [2.24, 2.45) is 5.41 Å². The zero-order chi connectivity index (χ0) is 20.8. The standard InChI is InChI=1S/C22H24FN3O2S/c1-4-9-29-21-25-19-18(20(28)26-21)16(12-7-5-6-8-13(12)23)17-14(24-19)10-22(2,3)11-15(17)27/h5-8,16H,4,9-11H2,1-3H3,(H2,24,25,26,28)/t16-/m1/s1. The fourth-order valence-electron chi connectivity index (χ4n) is 4.18. The molecule has 2 aromatic rings. The van der Waals surface area contributed by atoms with Crippen LogP contribution in [0.25, 0.3) is 0 Å². The van der Waals surface area contributed by atoms with Crippen LogP contribution in [0.2, 0.25) is 0 Å². The first-order valence-corrected chi connectivity index (χ1v) is 10.8. The average molecular weight is 414 g/mol. The van der Waals surface area contributed by atoms with Gasteiger partial charge in [-0.05, 0) is 24.3 Å². The van der Waals surface area contributed by atoms with Gasteiger partial charge in [0.15, 0.2) is 10.9 Å². The number of ketones is 1. The van der Waals surface area contributed by atoms with Gasteiger partial charge in [-0.25, -0.2) is 9.37 Å². The molecule has 29 heavy (non-hydrogen) atoms. The summed E-state index contributed by atoms with van der Waals surface area (Å²) in [5, 5.41) is 3.78. The summed E-state index contributed by atoms with van der Waals surface area (Å²) in [4.78, 5) is 33.6. The van der Waals surface area contributed by atoms with E-state index in [1.54, 1.807) is 18.2 Å². The zero-order valence-corrected chi connectivity index (χ0v) is 17.6. The molecule has 2 N–H and O–H groups in total. The highest BCUT2D eigenvalue weighted by atomic mass is 32.2. The molecule has 1 aromatic heterocycles. The normalized spacial score (nSPS) is 20.1. The lowest BCUT2D eigenvalue weighted by molar-refractivity contribution is -0.118. The minimum atomic E-state index is -0.757. The van der Waals surface area contributed by atoms with E-state index in [0.717, 1.165) is 17.9 Å². The Morgan fingerprint density at radius 2 is 2.00 bits per heavy atom. The van der Waals surface area contributed by atoms with E-state index in [1.165, 1.54) is 17.8 Å². The van der Waals surface area contributed by atoms with Gasteiger partial charge in [0.25, 0.3) is 5.56 Å². The van der Waals surface area contributed by atoms with Gasteiger partial charge >= 0.3 is 0 Å². The summed E-state index contributed by atoms with van der Waals surface area (Å²) in [5.74, 6) is 0.0142. The van der Waals surface area contributed by atoms with Crippen LogP contribution in [0.15, 0.2) is 45.5 Å². The fourth-order valence-corrected chi connectivity index (χ4v) is 4.90. The lowest BCUT2D eigenvalue weighted by atomic mass is 9.69. The highest BCUT2D eigenvalue weighted by molar-refractivity contribution is 7.99. The van der Waals surface area contributed by atoms with Crippen molar-refractivity contribution < 1.29 is 9.18 Å². The first-order chi connectivity index (χ1) is 13.8. The van der Waals surface area contributed by atoms with Gasteiger partial charge in [-0.3, -0.25) is 9.59 Å². The number of allylic oxidation sites excluding steroid dienone is 2. The minimum Gasteiger partial charge on any atom is -0.343 e. The molecule has 2 aliphatic rings. The molecule has 152 valence electrons. The Morgan fingerprint density at radius 3 is 2.72 bits per heavy atom. The van der Waals surface area contributed by atoms with Crippen molar-refractivity contribution in [3.63, 3.8) is 0 Å². The topological polar surface area (TPSA) is 74.8 Å².